The number of carbonyl (C=O) groups is 3. The van der Waals surface area contributed by atoms with Gasteiger partial charge in [-0.2, -0.15) is 0 Å². The fraction of sp³-hybridized carbons (Fsp3) is 0.569. The molecule has 80 heavy (non-hydrogen) atoms. The number of allylic oxidation sites excluding steroid dienone is 4. The summed E-state index contributed by atoms with van der Waals surface area (Å²) in [5.41, 5.74) is 9.28. The maximum atomic E-state index is 14.4. The number of hydrogen-bond donors (Lipinski definition) is 2. The molecule has 0 bridgehead atoms. The molecule has 0 saturated heterocycles. The van der Waals surface area contributed by atoms with Crippen molar-refractivity contribution in [2.45, 2.75) is 243 Å². The second-order valence-corrected chi connectivity index (χ2v) is 22.9. The van der Waals surface area contributed by atoms with Crippen LogP contribution in [0.25, 0.3) is 22.3 Å². The standard InChI is InChI=1S/C72H102N2O6/c1-3-5-7-9-11-13-15-17-19-21-23-25-27-29-31-33-45-58(44-32-30-28-26-24-22-20-18-16-14-12-10-8-6-4-2)80-70(75)69(74-72(77)79-57-68-65-52-40-36-48-61(65)62-49-37-41-53-66(62)68)54-42-43-55-73-71(76)78-56-67-63-50-38-34-46-59(63)60-47-35-39-51-64(60)67/h17-20,34-41,46-53,58,67-69H,3-16,21-33,42-45,54-57H2,1-2H3,(H,73,76)(H,74,77)/b19-17-,20-18-/t58?,69-/m0/s1. The highest BCUT2D eigenvalue weighted by atomic mass is 16.6. The fourth-order valence-corrected chi connectivity index (χ4v) is 11.9. The molecule has 0 spiro atoms. The predicted molar refractivity (Wildman–Crippen MR) is 332 cm³/mol. The van der Waals surface area contributed by atoms with Crippen molar-refractivity contribution >= 4 is 18.2 Å². The minimum atomic E-state index is -0.892. The molecule has 1 unspecified atom stereocenters. The molecule has 2 aliphatic rings. The number of esters is 1. The van der Waals surface area contributed by atoms with Crippen molar-refractivity contribution < 1.29 is 28.6 Å². The summed E-state index contributed by atoms with van der Waals surface area (Å²) in [6.45, 7) is 5.32. The number of ether oxygens (including phenoxy) is 3. The Balaban J connectivity index is 0.986. The molecule has 0 fully saturated rings. The average molecular weight is 1090 g/mol. The highest BCUT2D eigenvalue weighted by molar-refractivity contribution is 5.82. The van der Waals surface area contributed by atoms with Crippen molar-refractivity contribution in [1.29, 1.82) is 0 Å². The second-order valence-electron chi connectivity index (χ2n) is 22.9. The Hall–Kier alpha value is -5.63. The van der Waals surface area contributed by atoms with Gasteiger partial charge in [0.1, 0.15) is 25.4 Å². The Morgan fingerprint density at radius 2 is 0.750 bits per heavy atom. The topological polar surface area (TPSA) is 103 Å². The van der Waals surface area contributed by atoms with Crippen molar-refractivity contribution in [3.05, 3.63) is 144 Å². The third kappa shape index (κ3) is 22.7. The van der Waals surface area contributed by atoms with Crippen LogP contribution in [0.3, 0.4) is 0 Å². The van der Waals surface area contributed by atoms with Crippen LogP contribution in [-0.4, -0.2) is 50.1 Å². The van der Waals surface area contributed by atoms with E-state index in [1.165, 1.54) is 164 Å². The third-order valence-corrected chi connectivity index (χ3v) is 16.6. The first-order valence-corrected chi connectivity index (χ1v) is 32.2. The highest BCUT2D eigenvalue weighted by Gasteiger charge is 2.32. The van der Waals surface area contributed by atoms with Crippen molar-refractivity contribution in [2.75, 3.05) is 19.8 Å². The smallest absolute Gasteiger partial charge is 0.407 e. The second kappa shape index (κ2) is 38.9. The summed E-state index contributed by atoms with van der Waals surface area (Å²) in [6.07, 6.45) is 45.0. The number of unbranched alkanes of at least 4 members (excludes halogenated alkanes) is 24. The summed E-state index contributed by atoms with van der Waals surface area (Å²) < 4.78 is 18.2. The van der Waals surface area contributed by atoms with Crippen LogP contribution in [0.4, 0.5) is 9.59 Å². The van der Waals surface area contributed by atoms with Crippen LogP contribution >= 0.6 is 0 Å². The van der Waals surface area contributed by atoms with Crippen LogP contribution in [0.5, 0.6) is 0 Å². The molecule has 4 aromatic rings. The number of carbonyl (C=O) groups excluding carboxylic acids is 3. The first-order valence-electron chi connectivity index (χ1n) is 32.2. The molecule has 2 amide bonds. The van der Waals surface area contributed by atoms with Crippen LogP contribution in [0.15, 0.2) is 121 Å². The average Bonchev–Trinajstić information content (AvgIpc) is 4.04. The molecule has 8 heteroatoms. The number of fused-ring (bicyclic) bond motifs is 6. The molecule has 2 atom stereocenters. The van der Waals surface area contributed by atoms with Crippen LogP contribution in [0, 0.1) is 0 Å². The van der Waals surface area contributed by atoms with Gasteiger partial charge in [-0.3, -0.25) is 0 Å². The Kier molecular flexibility index (Phi) is 30.9. The number of benzene rings is 4. The van der Waals surface area contributed by atoms with E-state index in [2.05, 4.69) is 97.3 Å². The largest absolute Gasteiger partial charge is 0.461 e. The lowest BCUT2D eigenvalue weighted by Gasteiger charge is -2.23. The summed E-state index contributed by atoms with van der Waals surface area (Å²) in [7, 11) is 0. The molecule has 0 aromatic heterocycles. The van der Waals surface area contributed by atoms with Gasteiger partial charge in [0.15, 0.2) is 0 Å². The van der Waals surface area contributed by atoms with E-state index in [9.17, 15) is 14.4 Å². The number of nitrogens with one attached hydrogen (secondary N) is 2. The first-order chi connectivity index (χ1) is 39.5. The highest BCUT2D eigenvalue weighted by Crippen LogP contribution is 2.46. The van der Waals surface area contributed by atoms with Gasteiger partial charge in [-0.1, -0.05) is 244 Å². The zero-order chi connectivity index (χ0) is 56.1. The predicted octanol–water partition coefficient (Wildman–Crippen LogP) is 20.0. The third-order valence-electron chi connectivity index (χ3n) is 16.6. The molecule has 0 radical (unpaired) electrons. The zero-order valence-corrected chi connectivity index (χ0v) is 49.6. The fourth-order valence-electron chi connectivity index (χ4n) is 11.9. The van der Waals surface area contributed by atoms with Gasteiger partial charge < -0.3 is 24.8 Å². The molecule has 2 N–H and O–H groups in total. The molecule has 436 valence electrons. The Morgan fingerprint density at radius 3 is 1.15 bits per heavy atom. The monoisotopic (exact) mass is 1090 g/mol. The summed E-state index contributed by atoms with van der Waals surface area (Å²) in [5, 5.41) is 5.88. The van der Waals surface area contributed by atoms with Gasteiger partial charge in [-0.05, 0) is 141 Å². The molecular formula is C72H102N2O6. The Labute approximate surface area is 484 Å². The molecule has 0 saturated carbocycles. The van der Waals surface area contributed by atoms with E-state index < -0.39 is 24.2 Å². The van der Waals surface area contributed by atoms with Crippen molar-refractivity contribution in [3.8, 4) is 22.3 Å². The lowest BCUT2D eigenvalue weighted by molar-refractivity contribution is -0.152. The quantitative estimate of drug-likeness (QED) is 0.0198. The number of rotatable bonds is 43. The normalized spacial score (nSPS) is 13.5. The van der Waals surface area contributed by atoms with Gasteiger partial charge in [-0.15, -0.1) is 0 Å². The van der Waals surface area contributed by atoms with Gasteiger partial charge in [0.2, 0.25) is 0 Å². The van der Waals surface area contributed by atoms with E-state index in [1.807, 2.05) is 48.5 Å². The minimum Gasteiger partial charge on any atom is -0.461 e. The van der Waals surface area contributed by atoms with E-state index in [0.29, 0.717) is 25.8 Å². The number of alkyl carbamates (subject to hydrolysis) is 2. The van der Waals surface area contributed by atoms with E-state index >= 15 is 0 Å². The molecule has 0 aliphatic heterocycles. The van der Waals surface area contributed by atoms with Gasteiger partial charge >= 0.3 is 18.2 Å². The van der Waals surface area contributed by atoms with E-state index in [0.717, 1.165) is 67.2 Å². The maximum absolute atomic E-state index is 14.4. The number of hydrogen-bond acceptors (Lipinski definition) is 6. The van der Waals surface area contributed by atoms with Crippen LogP contribution in [0.2, 0.25) is 0 Å². The SMILES string of the molecule is CCCCCCCC/C=C\CCCCCCCCC(CCCCCCC/C=C\CCCCCCCC)OC(=O)[C@H](CCCCNC(=O)OCC1c2ccccc2-c2ccccc21)NC(=O)OCC1c2ccccc2-c2ccccc21. The summed E-state index contributed by atoms with van der Waals surface area (Å²) >= 11 is 0. The van der Waals surface area contributed by atoms with Crippen LogP contribution in [0.1, 0.15) is 253 Å². The van der Waals surface area contributed by atoms with Gasteiger partial charge in [0.25, 0.3) is 0 Å². The van der Waals surface area contributed by atoms with Crippen molar-refractivity contribution in [3.63, 3.8) is 0 Å². The first kappa shape index (κ1) is 63.6. The summed E-state index contributed by atoms with van der Waals surface area (Å²) in [4.78, 5) is 41.2. The van der Waals surface area contributed by atoms with Crippen molar-refractivity contribution in [2.24, 2.45) is 0 Å². The van der Waals surface area contributed by atoms with Crippen LogP contribution < -0.4 is 10.6 Å². The maximum Gasteiger partial charge on any atom is 0.407 e. The lowest BCUT2D eigenvalue weighted by atomic mass is 9.98. The summed E-state index contributed by atoms with van der Waals surface area (Å²) in [5.74, 6) is -0.535. The lowest BCUT2D eigenvalue weighted by Crippen LogP contribution is -2.43. The van der Waals surface area contributed by atoms with Gasteiger partial charge in [0.05, 0.1) is 0 Å². The molecule has 6 rings (SSSR count). The molecule has 8 nitrogen and oxygen atoms in total. The summed E-state index contributed by atoms with van der Waals surface area (Å²) in [6, 6.07) is 32.3. The van der Waals surface area contributed by atoms with Gasteiger partial charge in [-0.25, -0.2) is 14.4 Å². The number of amides is 2. The van der Waals surface area contributed by atoms with Gasteiger partial charge in [0, 0.05) is 18.4 Å². The molecule has 4 aromatic carbocycles. The minimum absolute atomic E-state index is 0.0217. The van der Waals surface area contributed by atoms with Crippen molar-refractivity contribution in [1.82, 2.24) is 10.6 Å². The molecule has 2 aliphatic carbocycles. The Bertz CT molecular complexity index is 2330. The molecular weight excluding hydrogens is 989 g/mol. The van der Waals surface area contributed by atoms with Crippen LogP contribution in [-0.2, 0) is 19.0 Å². The van der Waals surface area contributed by atoms with E-state index in [1.54, 1.807) is 0 Å². The van der Waals surface area contributed by atoms with E-state index in [-0.39, 0.29) is 31.2 Å². The zero-order valence-electron chi connectivity index (χ0n) is 49.6. The van der Waals surface area contributed by atoms with E-state index in [4.69, 9.17) is 14.2 Å². The molecule has 0 heterocycles. The Morgan fingerprint density at radius 1 is 0.412 bits per heavy atom.